The molecule has 12 heavy (non-hydrogen) atoms. The number of rotatable bonds is 2. The first-order valence-electron chi connectivity index (χ1n) is 4.87. The van der Waals surface area contributed by atoms with Crippen molar-refractivity contribution in [3.63, 3.8) is 0 Å². The molecule has 1 N–H and O–H groups in total. The molecule has 0 aliphatic heterocycles. The summed E-state index contributed by atoms with van der Waals surface area (Å²) in [4.78, 5) is 2.18. The molecule has 0 aromatic rings. The molecule has 0 amide bonds. The van der Waals surface area contributed by atoms with Crippen LogP contribution in [0.25, 0.3) is 0 Å². The van der Waals surface area contributed by atoms with Crippen LogP contribution >= 0.6 is 0 Å². The van der Waals surface area contributed by atoms with Gasteiger partial charge in [0.1, 0.15) is 0 Å². The second-order valence-electron chi connectivity index (χ2n) is 4.65. The van der Waals surface area contributed by atoms with Gasteiger partial charge in [0.15, 0.2) is 0 Å². The lowest BCUT2D eigenvalue weighted by Gasteiger charge is -2.40. The van der Waals surface area contributed by atoms with Gasteiger partial charge in [0.25, 0.3) is 0 Å². The molecular weight excluding hydrogens is 150 g/mol. The van der Waals surface area contributed by atoms with Gasteiger partial charge in [-0.25, -0.2) is 0 Å². The predicted molar refractivity (Wildman–Crippen MR) is 51.1 cm³/mol. The second kappa shape index (κ2) is 3.75. The fourth-order valence-corrected chi connectivity index (χ4v) is 2.29. The average molecular weight is 171 g/mol. The Labute approximate surface area is 75.6 Å². The fourth-order valence-electron chi connectivity index (χ4n) is 2.29. The minimum atomic E-state index is -0.0892. The number of nitrogens with zero attached hydrogens (tertiary/aromatic N) is 1. The SMILES string of the molecule is CN(C)CC1(C)CCCCC1O. The molecule has 2 atom stereocenters. The molecule has 2 heteroatoms. The van der Waals surface area contributed by atoms with Crippen molar-refractivity contribution in [2.24, 2.45) is 5.41 Å². The van der Waals surface area contributed by atoms with Crippen molar-refractivity contribution in [2.75, 3.05) is 20.6 Å². The smallest absolute Gasteiger partial charge is 0.0606 e. The van der Waals surface area contributed by atoms with Crippen LogP contribution < -0.4 is 0 Å². The van der Waals surface area contributed by atoms with E-state index in [9.17, 15) is 5.11 Å². The van der Waals surface area contributed by atoms with E-state index in [0.717, 1.165) is 13.0 Å². The highest BCUT2D eigenvalue weighted by Gasteiger charge is 2.35. The highest BCUT2D eigenvalue weighted by molar-refractivity contribution is 4.87. The van der Waals surface area contributed by atoms with Gasteiger partial charge in [-0.15, -0.1) is 0 Å². The largest absolute Gasteiger partial charge is 0.393 e. The first-order chi connectivity index (χ1) is 5.54. The monoisotopic (exact) mass is 171 g/mol. The van der Waals surface area contributed by atoms with Crippen LogP contribution in [0.15, 0.2) is 0 Å². The Hall–Kier alpha value is -0.0800. The molecule has 0 aromatic heterocycles. The summed E-state index contributed by atoms with van der Waals surface area (Å²) in [6.07, 6.45) is 4.55. The molecule has 1 aliphatic rings. The quantitative estimate of drug-likeness (QED) is 0.680. The third kappa shape index (κ3) is 2.20. The summed E-state index contributed by atoms with van der Waals surface area (Å²) in [5.41, 5.74) is 0.141. The molecule has 0 radical (unpaired) electrons. The van der Waals surface area contributed by atoms with Crippen LogP contribution in [0.4, 0.5) is 0 Å². The van der Waals surface area contributed by atoms with Crippen molar-refractivity contribution in [2.45, 2.75) is 38.7 Å². The summed E-state index contributed by atoms with van der Waals surface area (Å²) in [6, 6.07) is 0. The molecule has 1 saturated carbocycles. The van der Waals surface area contributed by atoms with E-state index in [4.69, 9.17) is 0 Å². The molecule has 1 aliphatic carbocycles. The predicted octanol–water partition coefficient (Wildman–Crippen LogP) is 1.49. The van der Waals surface area contributed by atoms with E-state index in [0.29, 0.717) is 0 Å². The van der Waals surface area contributed by atoms with Crippen molar-refractivity contribution in [1.29, 1.82) is 0 Å². The Morgan fingerprint density at radius 2 is 2.08 bits per heavy atom. The Bertz CT molecular complexity index is 147. The van der Waals surface area contributed by atoms with Gasteiger partial charge < -0.3 is 10.0 Å². The number of aliphatic hydroxyl groups is 1. The fraction of sp³-hybridized carbons (Fsp3) is 1.00. The van der Waals surface area contributed by atoms with Crippen LogP contribution in [0.2, 0.25) is 0 Å². The molecule has 0 bridgehead atoms. The standard InChI is InChI=1S/C10H21NO/c1-10(8-11(2)3)7-5-4-6-9(10)12/h9,12H,4-8H2,1-3H3. The van der Waals surface area contributed by atoms with Crippen molar-refractivity contribution in [1.82, 2.24) is 4.90 Å². The zero-order valence-corrected chi connectivity index (χ0v) is 8.51. The van der Waals surface area contributed by atoms with E-state index in [-0.39, 0.29) is 11.5 Å². The zero-order chi connectivity index (χ0) is 9.19. The maximum Gasteiger partial charge on any atom is 0.0606 e. The molecular formula is C10H21NO. The number of hydrogen-bond donors (Lipinski definition) is 1. The van der Waals surface area contributed by atoms with Crippen molar-refractivity contribution < 1.29 is 5.11 Å². The van der Waals surface area contributed by atoms with Crippen molar-refractivity contribution in [3.8, 4) is 0 Å². The molecule has 0 heterocycles. The van der Waals surface area contributed by atoms with Crippen LogP contribution in [0.5, 0.6) is 0 Å². The Kier molecular flexibility index (Phi) is 3.13. The van der Waals surface area contributed by atoms with E-state index in [1.807, 2.05) is 0 Å². The molecule has 2 unspecified atom stereocenters. The average Bonchev–Trinajstić information content (AvgIpc) is 1.94. The van der Waals surface area contributed by atoms with Gasteiger partial charge in [-0.05, 0) is 26.9 Å². The summed E-state index contributed by atoms with van der Waals surface area (Å²) >= 11 is 0. The van der Waals surface area contributed by atoms with Gasteiger partial charge in [-0.2, -0.15) is 0 Å². The second-order valence-corrected chi connectivity index (χ2v) is 4.65. The van der Waals surface area contributed by atoms with Gasteiger partial charge in [0, 0.05) is 12.0 Å². The molecule has 2 nitrogen and oxygen atoms in total. The topological polar surface area (TPSA) is 23.5 Å². The lowest BCUT2D eigenvalue weighted by Crippen LogP contribution is -2.43. The van der Waals surface area contributed by atoms with Crippen LogP contribution in [0.1, 0.15) is 32.6 Å². The highest BCUT2D eigenvalue weighted by Crippen LogP contribution is 2.36. The summed E-state index contributed by atoms with van der Waals surface area (Å²) < 4.78 is 0. The van der Waals surface area contributed by atoms with Gasteiger partial charge in [-0.1, -0.05) is 19.8 Å². The third-order valence-electron chi connectivity index (χ3n) is 2.96. The van der Waals surface area contributed by atoms with E-state index in [2.05, 4.69) is 25.9 Å². The maximum absolute atomic E-state index is 9.85. The Morgan fingerprint density at radius 3 is 2.58 bits per heavy atom. The number of hydrogen-bond acceptors (Lipinski definition) is 2. The Balaban J connectivity index is 2.53. The summed E-state index contributed by atoms with van der Waals surface area (Å²) in [6.45, 7) is 3.21. The summed E-state index contributed by atoms with van der Waals surface area (Å²) in [5.74, 6) is 0. The third-order valence-corrected chi connectivity index (χ3v) is 2.96. The highest BCUT2D eigenvalue weighted by atomic mass is 16.3. The minimum Gasteiger partial charge on any atom is -0.393 e. The van der Waals surface area contributed by atoms with Crippen molar-refractivity contribution >= 4 is 0 Å². The van der Waals surface area contributed by atoms with Gasteiger partial charge in [0.05, 0.1) is 6.10 Å². The van der Waals surface area contributed by atoms with Crippen LogP contribution in [0.3, 0.4) is 0 Å². The number of aliphatic hydroxyl groups excluding tert-OH is 1. The van der Waals surface area contributed by atoms with Gasteiger partial charge >= 0.3 is 0 Å². The van der Waals surface area contributed by atoms with E-state index >= 15 is 0 Å². The minimum absolute atomic E-state index is 0.0892. The van der Waals surface area contributed by atoms with Gasteiger partial charge in [0.2, 0.25) is 0 Å². The van der Waals surface area contributed by atoms with E-state index in [1.54, 1.807) is 0 Å². The maximum atomic E-state index is 9.85. The van der Waals surface area contributed by atoms with Crippen molar-refractivity contribution in [3.05, 3.63) is 0 Å². The van der Waals surface area contributed by atoms with Gasteiger partial charge in [-0.3, -0.25) is 0 Å². The van der Waals surface area contributed by atoms with Crippen LogP contribution in [-0.2, 0) is 0 Å². The lowest BCUT2D eigenvalue weighted by molar-refractivity contribution is -0.0143. The van der Waals surface area contributed by atoms with Crippen LogP contribution in [-0.4, -0.2) is 36.8 Å². The molecule has 72 valence electrons. The zero-order valence-electron chi connectivity index (χ0n) is 8.51. The van der Waals surface area contributed by atoms with E-state index in [1.165, 1.54) is 19.3 Å². The van der Waals surface area contributed by atoms with E-state index < -0.39 is 0 Å². The lowest BCUT2D eigenvalue weighted by atomic mass is 9.73. The summed E-state index contributed by atoms with van der Waals surface area (Å²) in [5, 5.41) is 9.85. The molecule has 0 saturated heterocycles. The first-order valence-corrected chi connectivity index (χ1v) is 4.87. The molecule has 1 fully saturated rings. The Morgan fingerprint density at radius 1 is 1.42 bits per heavy atom. The normalized spacial score (nSPS) is 37.2. The summed E-state index contributed by atoms with van der Waals surface area (Å²) in [7, 11) is 4.15. The molecule has 1 rings (SSSR count). The molecule has 0 aromatic carbocycles. The molecule has 0 spiro atoms. The first kappa shape index (κ1) is 10.0. The van der Waals surface area contributed by atoms with Crippen LogP contribution in [0, 0.1) is 5.41 Å².